The third-order valence-corrected chi connectivity index (χ3v) is 1.60. The first-order chi connectivity index (χ1) is 3.79. The molecule has 1 heterocycles. The van der Waals surface area contributed by atoms with Crippen LogP contribution >= 0.6 is 11.8 Å². The highest BCUT2D eigenvalue weighted by molar-refractivity contribution is 8.02. The normalized spacial score (nSPS) is 27.6. The fourth-order valence-corrected chi connectivity index (χ4v) is 1.15. The van der Waals surface area contributed by atoms with E-state index in [0.29, 0.717) is 0 Å². The Labute approximate surface area is 52.6 Å². The smallest absolute Gasteiger partial charge is 0.0757 e. The van der Waals surface area contributed by atoms with Gasteiger partial charge in [-0.1, -0.05) is 0 Å². The second-order valence-corrected chi connectivity index (χ2v) is 2.66. The molecule has 4 N–H and O–H groups in total. The summed E-state index contributed by atoms with van der Waals surface area (Å²) < 4.78 is 0. The van der Waals surface area contributed by atoms with Crippen molar-refractivity contribution in [1.82, 2.24) is 0 Å². The molecule has 0 saturated heterocycles. The molecule has 1 unspecified atom stereocenters. The molecular weight excluding hydrogens is 120 g/mol. The van der Waals surface area contributed by atoms with Crippen LogP contribution in [0.4, 0.5) is 0 Å². The summed E-state index contributed by atoms with van der Waals surface area (Å²) in [6.07, 6.45) is 3.67. The Hall–Kier alpha value is -0.410. The van der Waals surface area contributed by atoms with Crippen LogP contribution in [0, 0.1) is 0 Å². The van der Waals surface area contributed by atoms with Crippen LogP contribution in [-0.2, 0) is 0 Å². The number of thioether (sulfide) groups is 1. The van der Waals surface area contributed by atoms with E-state index in [2.05, 4.69) is 0 Å². The first kappa shape index (κ1) is 5.72. The topological polar surface area (TPSA) is 52.0 Å². The molecule has 1 aliphatic heterocycles. The highest BCUT2D eigenvalue weighted by Gasteiger charge is 1.99. The van der Waals surface area contributed by atoms with Gasteiger partial charge < -0.3 is 11.5 Å². The largest absolute Gasteiger partial charge is 0.399 e. The van der Waals surface area contributed by atoms with Gasteiger partial charge in [0, 0.05) is 5.70 Å². The molecule has 0 fully saturated rings. The van der Waals surface area contributed by atoms with Gasteiger partial charge in [0.1, 0.15) is 0 Å². The van der Waals surface area contributed by atoms with Crippen molar-refractivity contribution in [3.05, 3.63) is 23.3 Å². The summed E-state index contributed by atoms with van der Waals surface area (Å²) in [5.74, 6) is 0. The molecule has 1 aliphatic rings. The predicted octanol–water partition coefficient (Wildman–Crippen LogP) is 0.374. The minimum Gasteiger partial charge on any atom is -0.399 e. The van der Waals surface area contributed by atoms with E-state index in [1.807, 2.05) is 17.6 Å². The van der Waals surface area contributed by atoms with Crippen molar-refractivity contribution in [3.8, 4) is 0 Å². The summed E-state index contributed by atoms with van der Waals surface area (Å²) in [5.41, 5.74) is 11.6. The quantitative estimate of drug-likeness (QED) is 0.495. The van der Waals surface area contributed by atoms with Crippen LogP contribution in [0.3, 0.4) is 0 Å². The number of hydrogen-bond acceptors (Lipinski definition) is 3. The maximum Gasteiger partial charge on any atom is 0.0757 e. The van der Waals surface area contributed by atoms with Crippen LogP contribution in [0.15, 0.2) is 23.3 Å². The van der Waals surface area contributed by atoms with E-state index in [0.717, 1.165) is 5.70 Å². The van der Waals surface area contributed by atoms with Crippen LogP contribution in [0.1, 0.15) is 0 Å². The van der Waals surface area contributed by atoms with Gasteiger partial charge in [-0.25, -0.2) is 0 Å². The van der Waals surface area contributed by atoms with Crippen molar-refractivity contribution >= 4 is 11.8 Å². The molecule has 0 aromatic heterocycles. The van der Waals surface area contributed by atoms with Gasteiger partial charge in [0.2, 0.25) is 0 Å². The van der Waals surface area contributed by atoms with E-state index in [9.17, 15) is 0 Å². The Bertz CT molecular complexity index is 139. The van der Waals surface area contributed by atoms with Gasteiger partial charge >= 0.3 is 0 Å². The first-order valence-electron chi connectivity index (χ1n) is 2.34. The third-order valence-electron chi connectivity index (χ3n) is 0.853. The molecule has 0 bridgehead atoms. The summed E-state index contributed by atoms with van der Waals surface area (Å²) >= 11 is 1.56. The maximum atomic E-state index is 5.48. The van der Waals surface area contributed by atoms with Crippen molar-refractivity contribution in [2.24, 2.45) is 11.5 Å². The lowest BCUT2D eigenvalue weighted by molar-refractivity contribution is 1.13. The van der Waals surface area contributed by atoms with Crippen molar-refractivity contribution in [2.75, 3.05) is 0 Å². The molecular formula is C5H8N2S. The van der Waals surface area contributed by atoms with Crippen LogP contribution < -0.4 is 11.5 Å². The zero-order valence-electron chi connectivity index (χ0n) is 4.37. The summed E-state index contributed by atoms with van der Waals surface area (Å²) in [4.78, 5) is 0. The Morgan fingerprint density at radius 3 is 2.75 bits per heavy atom. The maximum absolute atomic E-state index is 5.48. The van der Waals surface area contributed by atoms with E-state index in [-0.39, 0.29) is 5.37 Å². The zero-order chi connectivity index (χ0) is 5.98. The fourth-order valence-electron chi connectivity index (χ4n) is 0.493. The lowest BCUT2D eigenvalue weighted by Crippen LogP contribution is -2.15. The number of nitrogens with two attached hydrogens (primary N) is 2. The average molecular weight is 128 g/mol. The molecule has 0 saturated carbocycles. The Kier molecular flexibility index (Phi) is 1.60. The Morgan fingerprint density at radius 2 is 2.38 bits per heavy atom. The minimum atomic E-state index is 0.0556. The van der Waals surface area contributed by atoms with Gasteiger partial charge in [0.05, 0.1) is 5.37 Å². The van der Waals surface area contributed by atoms with Crippen molar-refractivity contribution < 1.29 is 0 Å². The highest BCUT2D eigenvalue weighted by Crippen LogP contribution is 2.14. The molecule has 44 valence electrons. The standard InChI is InChI=1S/C5H8N2S/c6-4-1-2-8-5(7)3-4/h1-3,5H,6-7H2. The summed E-state index contributed by atoms with van der Waals surface area (Å²) in [7, 11) is 0. The van der Waals surface area contributed by atoms with E-state index < -0.39 is 0 Å². The number of rotatable bonds is 0. The van der Waals surface area contributed by atoms with Crippen LogP contribution in [0.2, 0.25) is 0 Å². The van der Waals surface area contributed by atoms with Crippen molar-refractivity contribution in [3.63, 3.8) is 0 Å². The van der Waals surface area contributed by atoms with Crippen LogP contribution in [-0.4, -0.2) is 5.37 Å². The molecule has 0 radical (unpaired) electrons. The summed E-state index contributed by atoms with van der Waals surface area (Å²) in [6, 6.07) is 0. The second-order valence-electron chi connectivity index (χ2n) is 1.57. The van der Waals surface area contributed by atoms with E-state index in [4.69, 9.17) is 11.5 Å². The number of allylic oxidation sites excluding steroid dienone is 1. The third kappa shape index (κ3) is 1.28. The minimum absolute atomic E-state index is 0.0556. The molecule has 0 amide bonds. The Morgan fingerprint density at radius 1 is 1.62 bits per heavy atom. The van der Waals surface area contributed by atoms with E-state index in [1.54, 1.807) is 11.8 Å². The SMILES string of the molecule is NC1=CC(N)SC=C1. The zero-order valence-corrected chi connectivity index (χ0v) is 5.19. The molecule has 0 aromatic rings. The lowest BCUT2D eigenvalue weighted by Gasteiger charge is -2.06. The lowest BCUT2D eigenvalue weighted by atomic mass is 10.4. The molecule has 3 heteroatoms. The van der Waals surface area contributed by atoms with Gasteiger partial charge in [0.15, 0.2) is 0 Å². The van der Waals surface area contributed by atoms with Gasteiger partial charge in [0.25, 0.3) is 0 Å². The van der Waals surface area contributed by atoms with Crippen LogP contribution in [0.5, 0.6) is 0 Å². The molecule has 8 heavy (non-hydrogen) atoms. The fraction of sp³-hybridized carbons (Fsp3) is 0.200. The monoisotopic (exact) mass is 128 g/mol. The van der Waals surface area contributed by atoms with Crippen molar-refractivity contribution in [2.45, 2.75) is 5.37 Å². The van der Waals surface area contributed by atoms with Crippen LogP contribution in [0.25, 0.3) is 0 Å². The second kappa shape index (κ2) is 2.24. The average Bonchev–Trinajstić information content (AvgIpc) is 1.64. The first-order valence-corrected chi connectivity index (χ1v) is 3.28. The van der Waals surface area contributed by atoms with E-state index >= 15 is 0 Å². The molecule has 0 aromatic carbocycles. The van der Waals surface area contributed by atoms with Gasteiger partial charge in [-0.3, -0.25) is 0 Å². The summed E-state index contributed by atoms with van der Waals surface area (Å²) in [6.45, 7) is 0. The molecule has 2 nitrogen and oxygen atoms in total. The molecule has 1 rings (SSSR count). The molecule has 0 spiro atoms. The van der Waals surface area contributed by atoms with Gasteiger partial charge in [-0.2, -0.15) is 0 Å². The Balaban J connectivity index is 2.63. The van der Waals surface area contributed by atoms with E-state index in [1.165, 1.54) is 0 Å². The van der Waals surface area contributed by atoms with Gasteiger partial charge in [-0.15, -0.1) is 11.8 Å². The molecule has 1 atom stereocenters. The molecule has 0 aliphatic carbocycles. The van der Waals surface area contributed by atoms with Crippen molar-refractivity contribution in [1.29, 1.82) is 0 Å². The number of hydrogen-bond donors (Lipinski definition) is 2. The summed E-state index contributed by atoms with van der Waals surface area (Å²) in [5, 5.41) is 1.96. The predicted molar refractivity (Wildman–Crippen MR) is 37.0 cm³/mol. The highest BCUT2D eigenvalue weighted by atomic mass is 32.2. The van der Waals surface area contributed by atoms with Gasteiger partial charge in [-0.05, 0) is 17.6 Å².